The van der Waals surface area contributed by atoms with E-state index in [4.69, 9.17) is 5.11 Å². The fraction of sp³-hybridized carbons (Fsp3) is 0.800. The zero-order valence-corrected chi connectivity index (χ0v) is 5.53. The van der Waals surface area contributed by atoms with Crippen LogP contribution in [-0.2, 0) is 4.79 Å². The summed E-state index contributed by atoms with van der Waals surface area (Å²) in [5, 5.41) is 9.07. The van der Waals surface area contributed by atoms with Gasteiger partial charge in [0.1, 0.15) is 0 Å². The number of carbonyl (C=O) groups is 1. The van der Waals surface area contributed by atoms with Crippen LogP contribution in [0.3, 0.4) is 0 Å². The molecule has 1 rings (SSSR count). The van der Waals surface area contributed by atoms with E-state index in [9.17, 15) is 4.79 Å². The van der Waals surface area contributed by atoms with Crippen molar-refractivity contribution in [2.45, 2.75) is 6.35 Å². The molecule has 0 spiro atoms. The van der Waals surface area contributed by atoms with Gasteiger partial charge < -0.3 is 10.0 Å². The molecule has 4 nitrogen and oxygen atoms in total. The van der Waals surface area contributed by atoms with E-state index in [0.717, 1.165) is 0 Å². The number of rotatable bonds is 0. The number of hydrogen-bond donors (Lipinski definition) is 1. The molecule has 1 amide bonds. The van der Waals surface area contributed by atoms with Crippen molar-refractivity contribution in [1.82, 2.24) is 9.80 Å². The fourth-order valence-electron chi connectivity index (χ4n) is 0.831. The molecule has 0 saturated carbocycles. The van der Waals surface area contributed by atoms with Crippen molar-refractivity contribution in [1.29, 1.82) is 0 Å². The molecule has 4 heteroatoms. The Kier molecular flexibility index (Phi) is 1.42. The van der Waals surface area contributed by atoms with Crippen LogP contribution in [0.1, 0.15) is 0 Å². The van der Waals surface area contributed by atoms with E-state index in [1.165, 1.54) is 4.90 Å². The van der Waals surface area contributed by atoms with Crippen molar-refractivity contribution in [2.24, 2.45) is 0 Å². The van der Waals surface area contributed by atoms with Gasteiger partial charge in [-0.15, -0.1) is 0 Å². The molecule has 52 valence electrons. The topological polar surface area (TPSA) is 43.8 Å². The van der Waals surface area contributed by atoms with Crippen LogP contribution in [-0.4, -0.2) is 47.8 Å². The van der Waals surface area contributed by atoms with Crippen molar-refractivity contribution in [3.05, 3.63) is 0 Å². The summed E-state index contributed by atoms with van der Waals surface area (Å²) in [4.78, 5) is 13.6. The van der Waals surface area contributed by atoms with Crippen molar-refractivity contribution in [3.8, 4) is 0 Å². The summed E-state index contributed by atoms with van der Waals surface area (Å²) in [6.07, 6.45) is -0.725. The lowest BCUT2D eigenvalue weighted by Crippen LogP contribution is -2.34. The van der Waals surface area contributed by atoms with Crippen LogP contribution in [0.15, 0.2) is 0 Å². The van der Waals surface area contributed by atoms with Gasteiger partial charge in [-0.05, 0) is 7.05 Å². The molecule has 0 bridgehead atoms. The standard InChI is InChI=1S/C5H10N2O2/c1-6-3-4(8)7(2)5(6)9/h5,9H,3H2,1-2H3. The quantitative estimate of drug-likeness (QED) is 0.441. The number of aliphatic hydroxyl groups excluding tert-OH is 1. The Bertz CT molecular complexity index is 137. The lowest BCUT2D eigenvalue weighted by molar-refractivity contribution is -0.131. The maximum atomic E-state index is 10.7. The smallest absolute Gasteiger partial charge is 0.239 e. The highest BCUT2D eigenvalue weighted by atomic mass is 16.3. The molecule has 1 saturated heterocycles. The number of amides is 1. The SMILES string of the molecule is CN1CC(=O)N(C)C1O. The van der Waals surface area contributed by atoms with Gasteiger partial charge in [-0.1, -0.05) is 0 Å². The van der Waals surface area contributed by atoms with Crippen LogP contribution in [0, 0.1) is 0 Å². The first-order valence-electron chi connectivity index (χ1n) is 2.77. The van der Waals surface area contributed by atoms with Gasteiger partial charge in [0.15, 0.2) is 6.35 Å². The fourth-order valence-corrected chi connectivity index (χ4v) is 0.831. The Morgan fingerprint density at radius 3 is 2.33 bits per heavy atom. The molecule has 1 aliphatic rings. The summed E-state index contributed by atoms with van der Waals surface area (Å²) in [6.45, 7) is 0.317. The Balaban J connectivity index is 2.65. The van der Waals surface area contributed by atoms with Crippen LogP contribution in [0.2, 0.25) is 0 Å². The molecule has 0 aromatic rings. The summed E-state index contributed by atoms with van der Waals surface area (Å²) in [5.74, 6) is -0.0370. The summed E-state index contributed by atoms with van der Waals surface area (Å²) < 4.78 is 0. The largest absolute Gasteiger partial charge is 0.361 e. The van der Waals surface area contributed by atoms with E-state index in [0.29, 0.717) is 6.54 Å². The Labute approximate surface area is 53.7 Å². The molecule has 0 aromatic heterocycles. The lowest BCUT2D eigenvalue weighted by atomic mass is 10.6. The number of hydrogen-bond acceptors (Lipinski definition) is 3. The highest BCUT2D eigenvalue weighted by Gasteiger charge is 2.30. The number of aliphatic hydroxyl groups is 1. The van der Waals surface area contributed by atoms with Crippen LogP contribution in [0.4, 0.5) is 0 Å². The number of nitrogens with zero attached hydrogens (tertiary/aromatic N) is 2. The summed E-state index contributed by atoms with van der Waals surface area (Å²) in [5.41, 5.74) is 0. The normalized spacial score (nSPS) is 29.9. The van der Waals surface area contributed by atoms with Gasteiger partial charge in [0.05, 0.1) is 6.54 Å². The van der Waals surface area contributed by atoms with E-state index < -0.39 is 6.35 Å². The second-order valence-electron chi connectivity index (χ2n) is 2.27. The predicted octanol–water partition coefficient (Wildman–Crippen LogP) is -1.33. The zero-order valence-electron chi connectivity index (χ0n) is 5.53. The van der Waals surface area contributed by atoms with Gasteiger partial charge >= 0.3 is 0 Å². The third kappa shape index (κ3) is 0.906. The van der Waals surface area contributed by atoms with Crippen LogP contribution >= 0.6 is 0 Å². The van der Waals surface area contributed by atoms with E-state index >= 15 is 0 Å². The van der Waals surface area contributed by atoms with E-state index in [-0.39, 0.29) is 5.91 Å². The van der Waals surface area contributed by atoms with Crippen LogP contribution in [0.25, 0.3) is 0 Å². The average Bonchev–Trinajstić information content (AvgIpc) is 1.98. The highest BCUT2D eigenvalue weighted by Crippen LogP contribution is 2.06. The summed E-state index contributed by atoms with van der Waals surface area (Å²) in [7, 11) is 3.28. The van der Waals surface area contributed by atoms with Crippen LogP contribution in [0.5, 0.6) is 0 Å². The van der Waals surface area contributed by atoms with Crippen molar-refractivity contribution >= 4 is 5.91 Å². The minimum atomic E-state index is -0.725. The highest BCUT2D eigenvalue weighted by molar-refractivity contribution is 5.79. The molecular formula is C5H10N2O2. The van der Waals surface area contributed by atoms with Crippen molar-refractivity contribution < 1.29 is 9.90 Å². The summed E-state index contributed by atoms with van der Waals surface area (Å²) in [6, 6.07) is 0. The first-order valence-corrected chi connectivity index (χ1v) is 2.77. The lowest BCUT2D eigenvalue weighted by Gasteiger charge is -2.17. The molecule has 0 aromatic carbocycles. The van der Waals surface area contributed by atoms with Crippen molar-refractivity contribution in [3.63, 3.8) is 0 Å². The maximum absolute atomic E-state index is 10.7. The number of carbonyl (C=O) groups excluding carboxylic acids is 1. The molecule has 1 heterocycles. The third-order valence-corrected chi connectivity index (χ3v) is 1.52. The number of likely N-dealkylation sites (N-methyl/N-ethyl adjacent to an activating group) is 2. The molecule has 1 unspecified atom stereocenters. The minimum Gasteiger partial charge on any atom is -0.361 e. The average molecular weight is 130 g/mol. The molecule has 1 atom stereocenters. The molecule has 1 fully saturated rings. The second-order valence-corrected chi connectivity index (χ2v) is 2.27. The van der Waals surface area contributed by atoms with Gasteiger partial charge in [-0.25, -0.2) is 0 Å². The molecule has 1 aliphatic heterocycles. The molecule has 0 radical (unpaired) electrons. The minimum absolute atomic E-state index is 0.0370. The van der Waals surface area contributed by atoms with Crippen LogP contribution < -0.4 is 0 Å². The van der Waals surface area contributed by atoms with E-state index in [1.54, 1.807) is 19.0 Å². The Morgan fingerprint density at radius 2 is 2.22 bits per heavy atom. The zero-order chi connectivity index (χ0) is 7.02. The first kappa shape index (κ1) is 6.51. The van der Waals surface area contributed by atoms with Gasteiger partial charge in [0.2, 0.25) is 5.91 Å². The molecule has 0 aliphatic carbocycles. The Hall–Kier alpha value is -0.610. The molecule has 1 N–H and O–H groups in total. The Morgan fingerprint density at radius 1 is 1.67 bits per heavy atom. The second kappa shape index (κ2) is 1.97. The van der Waals surface area contributed by atoms with E-state index in [2.05, 4.69) is 0 Å². The van der Waals surface area contributed by atoms with Gasteiger partial charge in [0.25, 0.3) is 0 Å². The van der Waals surface area contributed by atoms with Crippen molar-refractivity contribution in [2.75, 3.05) is 20.6 Å². The van der Waals surface area contributed by atoms with Gasteiger partial charge in [0, 0.05) is 7.05 Å². The van der Waals surface area contributed by atoms with E-state index in [1.807, 2.05) is 0 Å². The first-order chi connectivity index (χ1) is 4.13. The third-order valence-electron chi connectivity index (χ3n) is 1.52. The molecule has 9 heavy (non-hydrogen) atoms. The molecular weight excluding hydrogens is 120 g/mol. The maximum Gasteiger partial charge on any atom is 0.239 e. The van der Waals surface area contributed by atoms with Gasteiger partial charge in [-0.3, -0.25) is 9.69 Å². The predicted molar refractivity (Wildman–Crippen MR) is 31.4 cm³/mol. The summed E-state index contributed by atoms with van der Waals surface area (Å²) >= 11 is 0. The van der Waals surface area contributed by atoms with Gasteiger partial charge in [-0.2, -0.15) is 0 Å². The monoisotopic (exact) mass is 130 g/mol.